The molecule has 0 aromatic carbocycles. The third-order valence-corrected chi connectivity index (χ3v) is 3.39. The van der Waals surface area contributed by atoms with Gasteiger partial charge in [0.05, 0.1) is 12.4 Å². The van der Waals surface area contributed by atoms with Crippen LogP contribution in [0.2, 0.25) is 0 Å². The van der Waals surface area contributed by atoms with Gasteiger partial charge in [-0.3, -0.25) is 19.2 Å². The van der Waals surface area contributed by atoms with Gasteiger partial charge >= 0.3 is 0 Å². The molecule has 8 heteroatoms. The fourth-order valence-corrected chi connectivity index (χ4v) is 2.31. The Morgan fingerprint density at radius 1 is 1.58 bits per heavy atom. The van der Waals surface area contributed by atoms with Gasteiger partial charge in [0.15, 0.2) is 5.75 Å². The van der Waals surface area contributed by atoms with Crippen LogP contribution in [0.1, 0.15) is 19.0 Å². The summed E-state index contributed by atoms with van der Waals surface area (Å²) < 4.78 is 16.8. The number of pyridine rings is 1. The van der Waals surface area contributed by atoms with Crippen LogP contribution < -0.4 is 21.4 Å². The summed E-state index contributed by atoms with van der Waals surface area (Å²) >= 11 is 0. The highest BCUT2D eigenvalue weighted by Crippen LogP contribution is 2.04. The molecule has 0 aliphatic carbocycles. The molecular formula is C11H17N3O4S. The summed E-state index contributed by atoms with van der Waals surface area (Å²) in [7, 11) is -1.42. The second-order valence-corrected chi connectivity index (χ2v) is 5.29. The van der Waals surface area contributed by atoms with Crippen molar-refractivity contribution < 1.29 is 13.7 Å². The molecule has 0 spiro atoms. The minimum Gasteiger partial charge on any atom is -0.488 e. The zero-order valence-corrected chi connectivity index (χ0v) is 11.4. The number of rotatable bonds is 7. The molecule has 0 saturated heterocycles. The maximum Gasteiger partial charge on any atom is 0.246 e. The minimum atomic E-state index is -1.42. The monoisotopic (exact) mass is 287 g/mol. The lowest BCUT2D eigenvalue weighted by atomic mass is 10.3. The van der Waals surface area contributed by atoms with E-state index in [2.05, 4.69) is 4.98 Å². The molecule has 1 heterocycles. The van der Waals surface area contributed by atoms with Crippen LogP contribution >= 0.6 is 0 Å². The van der Waals surface area contributed by atoms with E-state index in [4.69, 9.17) is 10.6 Å². The lowest BCUT2D eigenvalue weighted by Gasteiger charge is -2.05. The zero-order chi connectivity index (χ0) is 14.3. The molecule has 1 aromatic heterocycles. The van der Waals surface area contributed by atoms with Crippen LogP contribution in [-0.2, 0) is 21.3 Å². The second kappa shape index (κ2) is 7.70. The summed E-state index contributed by atoms with van der Waals surface area (Å²) in [6, 6.07) is 1.32. The van der Waals surface area contributed by atoms with Gasteiger partial charge in [-0.25, -0.2) is 5.84 Å². The first-order valence-electron chi connectivity index (χ1n) is 5.75. The number of aromatic amines is 1. The van der Waals surface area contributed by atoms with Crippen molar-refractivity contribution >= 4 is 16.7 Å². The van der Waals surface area contributed by atoms with Crippen LogP contribution in [0, 0.1) is 0 Å². The van der Waals surface area contributed by atoms with Crippen LogP contribution in [-0.4, -0.2) is 27.5 Å². The number of aromatic nitrogens is 1. The predicted molar refractivity (Wildman–Crippen MR) is 71.9 cm³/mol. The lowest BCUT2D eigenvalue weighted by molar-refractivity contribution is -0.118. The molecule has 0 saturated carbocycles. The molecule has 0 aliphatic rings. The molecule has 1 aromatic rings. The van der Waals surface area contributed by atoms with Crippen LogP contribution in [0.5, 0.6) is 5.75 Å². The van der Waals surface area contributed by atoms with E-state index in [9.17, 15) is 13.8 Å². The van der Waals surface area contributed by atoms with Crippen molar-refractivity contribution in [1.29, 1.82) is 0 Å². The van der Waals surface area contributed by atoms with Gasteiger partial charge in [-0.2, -0.15) is 0 Å². The SMILES string of the molecule is CCCOc1c[nH]c(CS(=O)CC(=O)NN)cc1=O. The summed E-state index contributed by atoms with van der Waals surface area (Å²) in [6.45, 7) is 2.40. The first kappa shape index (κ1) is 15.4. The highest BCUT2D eigenvalue weighted by Gasteiger charge is 2.09. The van der Waals surface area contributed by atoms with Crippen LogP contribution in [0.3, 0.4) is 0 Å². The molecule has 1 rings (SSSR count). The number of carbonyl (C=O) groups excluding carboxylic acids is 1. The number of hydrogen-bond acceptors (Lipinski definition) is 5. The number of nitrogens with two attached hydrogens (primary N) is 1. The normalized spacial score (nSPS) is 11.9. The third-order valence-electron chi connectivity index (χ3n) is 2.17. The summed E-state index contributed by atoms with van der Waals surface area (Å²) in [5.74, 6) is 4.50. The second-order valence-electron chi connectivity index (χ2n) is 3.83. The first-order chi connectivity index (χ1) is 9.06. The molecule has 7 nitrogen and oxygen atoms in total. The molecule has 0 aliphatic heterocycles. The van der Waals surface area contributed by atoms with Crippen molar-refractivity contribution in [3.63, 3.8) is 0 Å². The van der Waals surface area contributed by atoms with Crippen molar-refractivity contribution in [2.24, 2.45) is 5.84 Å². The van der Waals surface area contributed by atoms with Gasteiger partial charge in [0.1, 0.15) is 5.75 Å². The molecule has 19 heavy (non-hydrogen) atoms. The summed E-state index contributed by atoms with van der Waals surface area (Å²) in [5.41, 5.74) is 2.11. The molecule has 1 unspecified atom stereocenters. The standard InChI is InChI=1S/C11H17N3O4S/c1-2-3-18-10-5-13-8(4-9(10)15)6-19(17)7-11(16)14-12/h4-5H,2-3,6-7,12H2,1H3,(H,13,15)(H,14,16). The van der Waals surface area contributed by atoms with E-state index in [0.29, 0.717) is 12.3 Å². The number of carbonyl (C=O) groups is 1. The first-order valence-corrected chi connectivity index (χ1v) is 7.24. The number of hydrazine groups is 1. The average molecular weight is 287 g/mol. The Morgan fingerprint density at radius 2 is 2.32 bits per heavy atom. The lowest BCUT2D eigenvalue weighted by Crippen LogP contribution is -2.34. The quantitative estimate of drug-likeness (QED) is 0.352. The largest absolute Gasteiger partial charge is 0.488 e. The Hall–Kier alpha value is -1.67. The van der Waals surface area contributed by atoms with E-state index in [1.54, 1.807) is 0 Å². The van der Waals surface area contributed by atoms with Gasteiger partial charge < -0.3 is 9.72 Å². The fraction of sp³-hybridized carbons (Fsp3) is 0.455. The molecule has 106 valence electrons. The van der Waals surface area contributed by atoms with E-state index >= 15 is 0 Å². The van der Waals surface area contributed by atoms with Gasteiger partial charge in [0, 0.05) is 28.8 Å². The Labute approximate surface area is 113 Å². The number of ether oxygens (including phenoxy) is 1. The van der Waals surface area contributed by atoms with Crippen LogP contribution in [0.25, 0.3) is 0 Å². The summed E-state index contributed by atoms with van der Waals surface area (Å²) in [6.07, 6.45) is 2.24. The predicted octanol–water partition coefficient (Wildman–Crippen LogP) is -0.598. The van der Waals surface area contributed by atoms with Gasteiger partial charge in [-0.15, -0.1) is 0 Å². The number of hydrogen-bond donors (Lipinski definition) is 3. The zero-order valence-electron chi connectivity index (χ0n) is 10.6. The molecule has 1 amide bonds. The van der Waals surface area contributed by atoms with E-state index in [0.717, 1.165) is 6.42 Å². The highest BCUT2D eigenvalue weighted by molar-refractivity contribution is 7.84. The third kappa shape index (κ3) is 5.23. The van der Waals surface area contributed by atoms with Gasteiger partial charge in [0.25, 0.3) is 0 Å². The van der Waals surface area contributed by atoms with E-state index in [1.165, 1.54) is 12.3 Å². The van der Waals surface area contributed by atoms with Crippen molar-refractivity contribution in [1.82, 2.24) is 10.4 Å². The van der Waals surface area contributed by atoms with Crippen LogP contribution in [0.15, 0.2) is 17.1 Å². The highest BCUT2D eigenvalue weighted by atomic mass is 32.2. The Morgan fingerprint density at radius 3 is 2.89 bits per heavy atom. The smallest absolute Gasteiger partial charge is 0.246 e. The van der Waals surface area contributed by atoms with Gasteiger partial charge in [0.2, 0.25) is 11.3 Å². The van der Waals surface area contributed by atoms with Crippen LogP contribution in [0.4, 0.5) is 0 Å². The maximum absolute atomic E-state index is 11.7. The minimum absolute atomic E-state index is 0.0801. The topological polar surface area (TPSA) is 114 Å². The van der Waals surface area contributed by atoms with E-state index < -0.39 is 16.7 Å². The van der Waals surface area contributed by atoms with E-state index in [-0.39, 0.29) is 22.7 Å². The van der Waals surface area contributed by atoms with Crippen molar-refractivity contribution in [3.8, 4) is 5.75 Å². The molecular weight excluding hydrogens is 270 g/mol. The number of nitrogens with one attached hydrogen (secondary N) is 2. The fourth-order valence-electron chi connectivity index (χ4n) is 1.32. The Bertz CT molecular complexity index is 515. The molecule has 1 atom stereocenters. The molecule has 0 radical (unpaired) electrons. The van der Waals surface area contributed by atoms with Crippen molar-refractivity contribution in [3.05, 3.63) is 28.2 Å². The summed E-state index contributed by atoms with van der Waals surface area (Å²) in [5, 5.41) is 0. The molecule has 4 N–H and O–H groups in total. The summed E-state index contributed by atoms with van der Waals surface area (Å²) in [4.78, 5) is 25.4. The maximum atomic E-state index is 11.7. The molecule has 0 fully saturated rings. The van der Waals surface area contributed by atoms with Gasteiger partial charge in [-0.1, -0.05) is 6.92 Å². The number of H-pyrrole nitrogens is 1. The molecule has 0 bridgehead atoms. The Kier molecular flexibility index (Phi) is 6.23. The number of amides is 1. The average Bonchev–Trinajstić information content (AvgIpc) is 2.37. The Balaban J connectivity index is 2.65. The van der Waals surface area contributed by atoms with Crippen molar-refractivity contribution in [2.45, 2.75) is 19.1 Å². The van der Waals surface area contributed by atoms with E-state index in [1.807, 2.05) is 12.3 Å². The van der Waals surface area contributed by atoms with Crippen molar-refractivity contribution in [2.75, 3.05) is 12.4 Å². The van der Waals surface area contributed by atoms with Gasteiger partial charge in [-0.05, 0) is 6.42 Å².